The van der Waals surface area contributed by atoms with Gasteiger partial charge in [0, 0.05) is 12.6 Å². The fourth-order valence-corrected chi connectivity index (χ4v) is 2.21. The van der Waals surface area contributed by atoms with Crippen LogP contribution in [0, 0.1) is 0 Å². The van der Waals surface area contributed by atoms with E-state index in [1.807, 2.05) is 25.1 Å². The molecule has 3 N–H and O–H groups in total. The summed E-state index contributed by atoms with van der Waals surface area (Å²) in [5.74, 6) is 1.37. The second kappa shape index (κ2) is 5.78. The normalized spacial score (nSPS) is 12.3. The Morgan fingerprint density at radius 3 is 2.76 bits per heavy atom. The minimum absolute atomic E-state index is 0.147. The molecule has 0 fully saturated rings. The molecular weight excluding hydrogens is 264 g/mol. The van der Waals surface area contributed by atoms with Gasteiger partial charge in [-0.15, -0.1) is 0 Å². The SMILES string of the molecule is CCNc1nc(NC(C)c2ccccc2)c2cn[nH]c2n1. The number of benzene rings is 1. The molecule has 0 aliphatic carbocycles. The van der Waals surface area contributed by atoms with Crippen molar-refractivity contribution in [2.75, 3.05) is 17.2 Å². The van der Waals surface area contributed by atoms with Crippen molar-refractivity contribution in [1.82, 2.24) is 20.2 Å². The molecule has 3 rings (SSSR count). The van der Waals surface area contributed by atoms with Crippen molar-refractivity contribution in [3.05, 3.63) is 42.1 Å². The predicted molar refractivity (Wildman–Crippen MR) is 84.3 cm³/mol. The number of aromatic nitrogens is 4. The molecule has 0 bridgehead atoms. The van der Waals surface area contributed by atoms with E-state index in [9.17, 15) is 0 Å². The van der Waals surface area contributed by atoms with Crippen LogP contribution in [0.25, 0.3) is 11.0 Å². The van der Waals surface area contributed by atoms with Gasteiger partial charge in [0.2, 0.25) is 5.95 Å². The number of rotatable bonds is 5. The smallest absolute Gasteiger partial charge is 0.226 e. The molecule has 0 aliphatic heterocycles. The van der Waals surface area contributed by atoms with Gasteiger partial charge in [-0.2, -0.15) is 15.1 Å². The van der Waals surface area contributed by atoms with E-state index in [-0.39, 0.29) is 6.04 Å². The molecule has 0 aliphatic rings. The number of aromatic amines is 1. The highest BCUT2D eigenvalue weighted by Gasteiger charge is 2.12. The molecular formula is C15H18N6. The number of fused-ring (bicyclic) bond motifs is 1. The number of hydrogen-bond acceptors (Lipinski definition) is 5. The van der Waals surface area contributed by atoms with Crippen molar-refractivity contribution in [2.45, 2.75) is 19.9 Å². The summed E-state index contributed by atoms with van der Waals surface area (Å²) < 4.78 is 0. The van der Waals surface area contributed by atoms with Crippen LogP contribution >= 0.6 is 0 Å². The van der Waals surface area contributed by atoms with Crippen molar-refractivity contribution in [3.63, 3.8) is 0 Å². The van der Waals surface area contributed by atoms with Gasteiger partial charge in [-0.3, -0.25) is 5.10 Å². The van der Waals surface area contributed by atoms with Crippen LogP contribution in [0.5, 0.6) is 0 Å². The Balaban J connectivity index is 1.93. The average molecular weight is 282 g/mol. The minimum atomic E-state index is 0.147. The summed E-state index contributed by atoms with van der Waals surface area (Å²) in [6.07, 6.45) is 1.74. The van der Waals surface area contributed by atoms with E-state index in [4.69, 9.17) is 0 Å². The molecule has 1 atom stereocenters. The van der Waals surface area contributed by atoms with Crippen molar-refractivity contribution in [2.24, 2.45) is 0 Å². The van der Waals surface area contributed by atoms with Crippen molar-refractivity contribution in [1.29, 1.82) is 0 Å². The molecule has 0 saturated heterocycles. The van der Waals surface area contributed by atoms with E-state index < -0.39 is 0 Å². The Hall–Kier alpha value is -2.63. The summed E-state index contributed by atoms with van der Waals surface area (Å²) in [6.45, 7) is 4.89. The summed E-state index contributed by atoms with van der Waals surface area (Å²) >= 11 is 0. The molecule has 1 unspecified atom stereocenters. The van der Waals surface area contributed by atoms with Gasteiger partial charge >= 0.3 is 0 Å². The Labute approximate surface area is 123 Å². The second-order valence-electron chi connectivity index (χ2n) is 4.84. The fourth-order valence-electron chi connectivity index (χ4n) is 2.21. The maximum atomic E-state index is 4.54. The molecule has 0 amide bonds. The molecule has 2 heterocycles. The molecule has 0 spiro atoms. The standard InChI is InChI=1S/C15H18N6/c1-3-16-15-19-13(12-9-17-21-14(12)20-15)18-10(2)11-7-5-4-6-8-11/h4-10H,3H2,1-2H3,(H3,16,17,18,19,20,21). The topological polar surface area (TPSA) is 78.5 Å². The van der Waals surface area contributed by atoms with Crippen LogP contribution in [0.15, 0.2) is 36.5 Å². The summed E-state index contributed by atoms with van der Waals surface area (Å²) in [5.41, 5.74) is 1.93. The molecule has 21 heavy (non-hydrogen) atoms. The highest BCUT2D eigenvalue weighted by Crippen LogP contribution is 2.24. The third-order valence-corrected chi connectivity index (χ3v) is 3.30. The van der Waals surface area contributed by atoms with E-state index in [1.165, 1.54) is 5.56 Å². The fraction of sp³-hybridized carbons (Fsp3) is 0.267. The second-order valence-corrected chi connectivity index (χ2v) is 4.84. The lowest BCUT2D eigenvalue weighted by atomic mass is 10.1. The lowest BCUT2D eigenvalue weighted by Crippen LogP contribution is -2.10. The third-order valence-electron chi connectivity index (χ3n) is 3.30. The largest absolute Gasteiger partial charge is 0.363 e. The maximum Gasteiger partial charge on any atom is 0.226 e. The number of H-pyrrole nitrogens is 1. The zero-order valence-electron chi connectivity index (χ0n) is 12.1. The molecule has 0 radical (unpaired) electrons. The Bertz CT molecular complexity index is 721. The Morgan fingerprint density at radius 2 is 2.00 bits per heavy atom. The minimum Gasteiger partial charge on any atom is -0.363 e. The van der Waals surface area contributed by atoms with Crippen LogP contribution < -0.4 is 10.6 Å². The van der Waals surface area contributed by atoms with E-state index >= 15 is 0 Å². The molecule has 6 heteroatoms. The van der Waals surface area contributed by atoms with Crippen LogP contribution in [-0.4, -0.2) is 26.7 Å². The van der Waals surface area contributed by atoms with Crippen LogP contribution in [0.2, 0.25) is 0 Å². The number of nitrogens with zero attached hydrogens (tertiary/aromatic N) is 3. The van der Waals surface area contributed by atoms with Crippen molar-refractivity contribution >= 4 is 22.8 Å². The monoisotopic (exact) mass is 282 g/mol. The van der Waals surface area contributed by atoms with E-state index in [0.29, 0.717) is 5.95 Å². The first-order valence-corrected chi connectivity index (χ1v) is 7.04. The summed E-state index contributed by atoms with van der Waals surface area (Å²) in [7, 11) is 0. The number of nitrogens with one attached hydrogen (secondary N) is 3. The predicted octanol–water partition coefficient (Wildman–Crippen LogP) is 2.96. The van der Waals surface area contributed by atoms with E-state index in [1.54, 1.807) is 6.20 Å². The van der Waals surface area contributed by atoms with Gasteiger partial charge in [0.05, 0.1) is 11.6 Å². The van der Waals surface area contributed by atoms with Gasteiger partial charge in [-0.25, -0.2) is 0 Å². The first-order chi connectivity index (χ1) is 10.3. The Kier molecular flexibility index (Phi) is 3.68. The lowest BCUT2D eigenvalue weighted by molar-refractivity contribution is 0.876. The first kappa shape index (κ1) is 13.4. The zero-order chi connectivity index (χ0) is 14.7. The van der Waals surface area contributed by atoms with Crippen LogP contribution in [0.1, 0.15) is 25.5 Å². The first-order valence-electron chi connectivity index (χ1n) is 7.04. The molecule has 1 aromatic carbocycles. The molecule has 3 aromatic rings. The summed E-state index contributed by atoms with van der Waals surface area (Å²) in [5, 5.41) is 14.4. The van der Waals surface area contributed by atoms with E-state index in [0.717, 1.165) is 23.4 Å². The van der Waals surface area contributed by atoms with Crippen molar-refractivity contribution < 1.29 is 0 Å². The molecule has 108 valence electrons. The van der Waals surface area contributed by atoms with Gasteiger partial charge in [0.15, 0.2) is 5.65 Å². The van der Waals surface area contributed by atoms with Gasteiger partial charge in [0.25, 0.3) is 0 Å². The molecule has 6 nitrogen and oxygen atoms in total. The number of anilines is 2. The third kappa shape index (κ3) is 2.79. The lowest BCUT2D eigenvalue weighted by Gasteiger charge is -2.16. The molecule has 0 saturated carbocycles. The van der Waals surface area contributed by atoms with Crippen LogP contribution in [0.3, 0.4) is 0 Å². The van der Waals surface area contributed by atoms with Gasteiger partial charge in [0.1, 0.15) is 5.82 Å². The Morgan fingerprint density at radius 1 is 1.19 bits per heavy atom. The molecule has 2 aromatic heterocycles. The maximum absolute atomic E-state index is 4.54. The van der Waals surface area contributed by atoms with Crippen molar-refractivity contribution in [3.8, 4) is 0 Å². The van der Waals surface area contributed by atoms with Gasteiger partial charge in [-0.1, -0.05) is 30.3 Å². The number of hydrogen-bond donors (Lipinski definition) is 3. The van der Waals surface area contributed by atoms with Crippen LogP contribution in [0.4, 0.5) is 11.8 Å². The highest BCUT2D eigenvalue weighted by atomic mass is 15.2. The van der Waals surface area contributed by atoms with E-state index in [2.05, 4.69) is 49.9 Å². The highest BCUT2D eigenvalue weighted by molar-refractivity contribution is 5.87. The quantitative estimate of drug-likeness (QED) is 0.670. The summed E-state index contributed by atoms with van der Waals surface area (Å²) in [6, 6.07) is 10.4. The zero-order valence-corrected chi connectivity index (χ0v) is 12.1. The summed E-state index contributed by atoms with van der Waals surface area (Å²) in [4.78, 5) is 8.92. The van der Waals surface area contributed by atoms with Gasteiger partial charge in [-0.05, 0) is 19.4 Å². The average Bonchev–Trinajstić information content (AvgIpc) is 2.97. The van der Waals surface area contributed by atoms with Gasteiger partial charge < -0.3 is 10.6 Å². The van der Waals surface area contributed by atoms with Crippen LogP contribution in [-0.2, 0) is 0 Å².